The highest BCUT2D eigenvalue weighted by atomic mass is 19.1. The van der Waals surface area contributed by atoms with Crippen LogP contribution in [-0.2, 0) is 23.7 Å². The van der Waals surface area contributed by atoms with Crippen LogP contribution in [0.1, 0.15) is 35.1 Å². The maximum atomic E-state index is 15.5. The fraction of sp³-hybridized carbons (Fsp3) is 0.178. The molecule has 5 aromatic rings. The Morgan fingerprint density at radius 1 is 0.776 bits per heavy atom. The number of halogens is 2. The molecule has 2 aliphatic heterocycles. The van der Waals surface area contributed by atoms with Gasteiger partial charge in [0.2, 0.25) is 5.69 Å². The summed E-state index contributed by atoms with van der Waals surface area (Å²) in [6, 6.07) is 35.9. The second-order valence-electron chi connectivity index (χ2n) is 13.3. The predicted molar refractivity (Wildman–Crippen MR) is 200 cm³/mol. The Morgan fingerprint density at radius 2 is 1.49 bits per heavy atom. The first kappa shape index (κ1) is 32.2. The molecule has 0 radical (unpaired) electrons. The lowest BCUT2D eigenvalue weighted by atomic mass is 9.70. The zero-order valence-electron chi connectivity index (χ0n) is 28.2. The maximum absolute atomic E-state index is 15.5. The largest absolute Gasteiger partial charge is 0.347 e. The van der Waals surface area contributed by atoms with E-state index in [1.54, 1.807) is 6.07 Å². The molecule has 49 heavy (non-hydrogen) atoms. The lowest BCUT2D eigenvalue weighted by Gasteiger charge is -2.33. The van der Waals surface area contributed by atoms with Crippen LogP contribution in [0.5, 0.6) is 0 Å². The van der Waals surface area contributed by atoms with Gasteiger partial charge in [0.1, 0.15) is 18.7 Å². The van der Waals surface area contributed by atoms with Crippen molar-refractivity contribution in [1.82, 2.24) is 0 Å². The first-order valence-corrected chi connectivity index (χ1v) is 16.9. The van der Waals surface area contributed by atoms with Crippen LogP contribution in [0.3, 0.4) is 0 Å². The molecule has 0 spiro atoms. The van der Waals surface area contributed by atoms with E-state index in [0.717, 1.165) is 46.6 Å². The SMILES string of the molecule is C=CCC1(Cc2ccccc2)C(/C=C/C=C2/N(C)c3ccc4ccccc4c3C2(CC=C)Cc2ccc(F)cc2F)=[N+](C)c2ccccc21. The van der Waals surface area contributed by atoms with Gasteiger partial charge >= 0.3 is 0 Å². The summed E-state index contributed by atoms with van der Waals surface area (Å²) in [6.45, 7) is 8.38. The maximum Gasteiger partial charge on any atom is 0.209 e. The van der Waals surface area contributed by atoms with Crippen molar-refractivity contribution in [3.63, 3.8) is 0 Å². The third-order valence-electron chi connectivity index (χ3n) is 10.6. The van der Waals surface area contributed by atoms with Crippen molar-refractivity contribution in [2.75, 3.05) is 19.0 Å². The van der Waals surface area contributed by atoms with Gasteiger partial charge in [0.25, 0.3) is 0 Å². The summed E-state index contributed by atoms with van der Waals surface area (Å²) in [6.07, 6.45) is 13.1. The van der Waals surface area contributed by atoms with Crippen molar-refractivity contribution in [2.45, 2.75) is 36.5 Å². The van der Waals surface area contributed by atoms with Crippen molar-refractivity contribution in [1.29, 1.82) is 0 Å². The summed E-state index contributed by atoms with van der Waals surface area (Å²) >= 11 is 0. The van der Waals surface area contributed by atoms with E-state index >= 15 is 4.39 Å². The number of hydrogen-bond donors (Lipinski definition) is 0. The van der Waals surface area contributed by atoms with E-state index in [4.69, 9.17) is 0 Å². The number of anilines is 1. The molecule has 7 rings (SSSR count). The van der Waals surface area contributed by atoms with Crippen LogP contribution in [0.25, 0.3) is 10.8 Å². The van der Waals surface area contributed by atoms with E-state index in [0.29, 0.717) is 18.4 Å². The molecule has 0 fully saturated rings. The van der Waals surface area contributed by atoms with Crippen LogP contribution < -0.4 is 4.90 Å². The predicted octanol–water partition coefficient (Wildman–Crippen LogP) is 10.5. The molecule has 2 nitrogen and oxygen atoms in total. The van der Waals surface area contributed by atoms with Gasteiger partial charge in [0.05, 0.1) is 5.41 Å². The zero-order valence-corrected chi connectivity index (χ0v) is 28.2. The molecule has 4 heteroatoms. The minimum atomic E-state index is -0.646. The molecule has 0 saturated carbocycles. The van der Waals surface area contributed by atoms with Crippen LogP contribution in [0, 0.1) is 11.6 Å². The molecule has 2 aliphatic rings. The van der Waals surface area contributed by atoms with Crippen LogP contribution in [0.2, 0.25) is 0 Å². The summed E-state index contributed by atoms with van der Waals surface area (Å²) in [7, 11) is 4.23. The highest BCUT2D eigenvalue weighted by molar-refractivity contribution is 6.04. The van der Waals surface area contributed by atoms with Crippen LogP contribution in [-0.4, -0.2) is 24.4 Å². The summed E-state index contributed by atoms with van der Waals surface area (Å²) in [5.41, 5.74) is 7.71. The molecular weight excluding hydrogens is 607 g/mol. The highest BCUT2D eigenvalue weighted by Gasteiger charge is 2.50. The molecular formula is C45H41F2N2+. The summed E-state index contributed by atoms with van der Waals surface area (Å²) < 4.78 is 31.9. The van der Waals surface area contributed by atoms with Crippen LogP contribution >= 0.6 is 0 Å². The standard InChI is InChI=1S/C45H41F2N2/c1-5-27-44(30-32-15-8-7-9-16-32)37-19-12-13-20-39(37)48(3)41(44)21-14-22-42-45(28-6-2,31-34-23-25-35(46)29-38(34)47)43-36-18-11-10-17-33(36)24-26-40(43)49(42)4/h5-26,29H,1-2,27-28,30-31H2,3-4H3/q+1. The van der Waals surface area contributed by atoms with Gasteiger partial charge in [-0.25, -0.2) is 8.78 Å². The number of benzene rings is 5. The number of likely N-dealkylation sites (N-methyl/N-ethyl adjacent to an activating group) is 1. The van der Waals surface area contributed by atoms with Gasteiger partial charge in [0, 0.05) is 47.6 Å². The minimum absolute atomic E-state index is 0.306. The molecule has 5 aromatic carbocycles. The second kappa shape index (κ2) is 12.9. The zero-order chi connectivity index (χ0) is 34.2. The first-order valence-electron chi connectivity index (χ1n) is 16.9. The van der Waals surface area contributed by atoms with Gasteiger partial charge < -0.3 is 4.90 Å². The monoisotopic (exact) mass is 647 g/mol. The Bertz CT molecular complexity index is 2180. The van der Waals surface area contributed by atoms with E-state index in [-0.39, 0.29) is 5.41 Å². The van der Waals surface area contributed by atoms with Crippen molar-refractivity contribution in [2.24, 2.45) is 0 Å². The summed E-state index contributed by atoms with van der Waals surface area (Å²) in [5, 5.41) is 2.24. The van der Waals surface area contributed by atoms with Crippen molar-refractivity contribution in [3.8, 4) is 0 Å². The van der Waals surface area contributed by atoms with Gasteiger partial charge in [-0.1, -0.05) is 103 Å². The van der Waals surface area contributed by atoms with E-state index in [9.17, 15) is 4.39 Å². The Hall–Kier alpha value is -5.35. The normalized spacial score (nSPS) is 20.7. The minimum Gasteiger partial charge on any atom is -0.347 e. The first-order chi connectivity index (χ1) is 23.8. The molecule has 0 aliphatic carbocycles. The Labute approximate surface area is 288 Å². The molecule has 244 valence electrons. The second-order valence-corrected chi connectivity index (χ2v) is 13.3. The Kier molecular flexibility index (Phi) is 8.50. The average Bonchev–Trinajstić information content (AvgIpc) is 3.47. The van der Waals surface area contributed by atoms with E-state index in [1.165, 1.54) is 28.6 Å². The molecule has 0 N–H and O–H groups in total. The number of fused-ring (bicyclic) bond motifs is 4. The number of rotatable bonds is 10. The molecule has 2 atom stereocenters. The van der Waals surface area contributed by atoms with Gasteiger partial charge in [-0.2, -0.15) is 4.58 Å². The fourth-order valence-electron chi connectivity index (χ4n) is 8.51. The Balaban J connectivity index is 1.41. The number of allylic oxidation sites excluding steroid dienone is 6. The van der Waals surface area contributed by atoms with Gasteiger partial charge in [-0.3, -0.25) is 0 Å². The smallest absolute Gasteiger partial charge is 0.209 e. The lowest BCUT2D eigenvalue weighted by molar-refractivity contribution is -0.401. The van der Waals surface area contributed by atoms with E-state index in [1.807, 2.05) is 18.2 Å². The molecule has 0 amide bonds. The van der Waals surface area contributed by atoms with Crippen LogP contribution in [0.4, 0.5) is 20.2 Å². The molecule has 0 saturated heterocycles. The van der Waals surface area contributed by atoms with Crippen molar-refractivity contribution >= 4 is 27.9 Å². The van der Waals surface area contributed by atoms with Gasteiger partial charge in [-0.15, -0.1) is 13.2 Å². The van der Waals surface area contributed by atoms with Crippen LogP contribution in [0.15, 0.2) is 158 Å². The Morgan fingerprint density at radius 3 is 2.27 bits per heavy atom. The lowest BCUT2D eigenvalue weighted by Crippen LogP contribution is -2.36. The van der Waals surface area contributed by atoms with E-state index in [2.05, 4.69) is 140 Å². The number of para-hydroxylation sites is 1. The van der Waals surface area contributed by atoms with E-state index < -0.39 is 17.0 Å². The molecule has 0 bridgehead atoms. The summed E-state index contributed by atoms with van der Waals surface area (Å²) in [4.78, 5) is 2.23. The molecule has 2 unspecified atom stereocenters. The molecule has 2 heterocycles. The van der Waals surface area contributed by atoms with Crippen molar-refractivity contribution < 1.29 is 13.4 Å². The topological polar surface area (TPSA) is 6.25 Å². The van der Waals surface area contributed by atoms with Gasteiger partial charge in [0.15, 0.2) is 5.71 Å². The summed E-state index contributed by atoms with van der Waals surface area (Å²) in [5.74, 6) is -1.12. The van der Waals surface area contributed by atoms with Crippen molar-refractivity contribution in [3.05, 3.63) is 192 Å². The van der Waals surface area contributed by atoms with Gasteiger partial charge in [-0.05, 0) is 71.4 Å². The highest BCUT2D eigenvalue weighted by Crippen LogP contribution is 2.54. The fourth-order valence-corrected chi connectivity index (χ4v) is 8.51. The average molecular weight is 648 g/mol. The third kappa shape index (κ3) is 5.36. The quantitative estimate of drug-likeness (QED) is 0.108. The number of hydrogen-bond acceptors (Lipinski definition) is 1. The molecule has 0 aromatic heterocycles. The number of nitrogens with zero attached hydrogens (tertiary/aromatic N) is 2. The third-order valence-corrected chi connectivity index (χ3v) is 10.6.